The van der Waals surface area contributed by atoms with Gasteiger partial charge >= 0.3 is 6.03 Å². The summed E-state index contributed by atoms with van der Waals surface area (Å²) in [4.78, 5) is 21.1. The van der Waals surface area contributed by atoms with Gasteiger partial charge in [-0.2, -0.15) is 0 Å². The van der Waals surface area contributed by atoms with E-state index in [-0.39, 0.29) is 11.4 Å². The first-order valence-corrected chi connectivity index (χ1v) is 12.2. The Morgan fingerprint density at radius 1 is 1.06 bits per heavy atom. The number of benzene rings is 2. The third-order valence-corrected chi connectivity index (χ3v) is 7.06. The molecule has 0 aliphatic carbocycles. The van der Waals surface area contributed by atoms with Crippen molar-refractivity contribution in [1.82, 2.24) is 14.8 Å². The average Bonchev–Trinajstić information content (AvgIpc) is 2.85. The Kier molecular flexibility index (Phi) is 6.79. The van der Waals surface area contributed by atoms with Gasteiger partial charge in [-0.25, -0.2) is 9.78 Å². The Hall–Kier alpha value is -3.29. The quantitative estimate of drug-likeness (QED) is 0.480. The summed E-state index contributed by atoms with van der Waals surface area (Å²) in [5.41, 5.74) is 2.15. The molecule has 2 aromatic carbocycles. The summed E-state index contributed by atoms with van der Waals surface area (Å²) in [5.74, 6) is 2.12. The van der Waals surface area contributed by atoms with Crippen molar-refractivity contribution < 1.29 is 14.3 Å². The zero-order valence-corrected chi connectivity index (χ0v) is 20.5. The van der Waals surface area contributed by atoms with E-state index >= 15 is 0 Å². The molecule has 35 heavy (non-hydrogen) atoms. The minimum atomic E-state index is -0.0671. The van der Waals surface area contributed by atoms with Gasteiger partial charge < -0.3 is 19.7 Å². The van der Waals surface area contributed by atoms with Gasteiger partial charge in [-0.1, -0.05) is 23.7 Å². The molecule has 0 bridgehead atoms. The van der Waals surface area contributed by atoms with Gasteiger partial charge in [-0.15, -0.1) is 0 Å². The number of carbonyl (C=O) groups is 1. The highest BCUT2D eigenvalue weighted by molar-refractivity contribution is 6.30. The molecule has 3 aromatic rings. The normalized spacial score (nSPS) is 17.0. The Bertz CT molecular complexity index is 1150. The second-order valence-corrected chi connectivity index (χ2v) is 9.79. The maximum Gasteiger partial charge on any atom is 0.321 e. The van der Waals surface area contributed by atoms with Crippen molar-refractivity contribution in [2.24, 2.45) is 5.41 Å². The molecule has 2 aliphatic heterocycles. The van der Waals surface area contributed by atoms with Gasteiger partial charge in [-0.05, 0) is 74.0 Å². The molecule has 1 spiro atoms. The molecule has 3 heterocycles. The van der Waals surface area contributed by atoms with Crippen molar-refractivity contribution in [3.05, 3.63) is 77.4 Å². The van der Waals surface area contributed by atoms with Crippen LogP contribution in [0.25, 0.3) is 0 Å². The molecule has 7 nitrogen and oxygen atoms in total. The zero-order chi connectivity index (χ0) is 24.3. The Labute approximate surface area is 210 Å². The fourth-order valence-corrected chi connectivity index (χ4v) is 4.92. The predicted molar refractivity (Wildman–Crippen MR) is 136 cm³/mol. The summed E-state index contributed by atoms with van der Waals surface area (Å²) in [6.07, 6.45) is 3.81. The van der Waals surface area contributed by atoms with Crippen LogP contribution in [-0.4, -0.2) is 54.1 Å². The molecule has 0 radical (unpaired) electrons. The molecule has 182 valence electrons. The highest BCUT2D eigenvalue weighted by Gasteiger charge is 2.46. The maximum atomic E-state index is 12.6. The predicted octanol–water partition coefficient (Wildman–Crippen LogP) is 5.67. The lowest BCUT2D eigenvalue weighted by Gasteiger charge is -2.53. The van der Waals surface area contributed by atoms with E-state index in [2.05, 4.69) is 27.3 Å². The number of methoxy groups -OCH3 is 1. The Balaban J connectivity index is 1.08. The monoisotopic (exact) mass is 492 g/mol. The fourth-order valence-electron chi connectivity index (χ4n) is 4.79. The number of aromatic nitrogens is 1. The summed E-state index contributed by atoms with van der Waals surface area (Å²) in [6, 6.07) is 19.1. The number of likely N-dealkylation sites (tertiary alicyclic amines) is 2. The van der Waals surface area contributed by atoms with E-state index in [9.17, 15) is 4.79 Å². The first-order chi connectivity index (χ1) is 17.0. The molecule has 0 unspecified atom stereocenters. The van der Waals surface area contributed by atoms with Crippen molar-refractivity contribution in [2.75, 3.05) is 38.6 Å². The van der Waals surface area contributed by atoms with E-state index in [1.165, 1.54) is 5.56 Å². The topological polar surface area (TPSA) is 66.9 Å². The van der Waals surface area contributed by atoms with Crippen LogP contribution in [0.1, 0.15) is 18.4 Å². The van der Waals surface area contributed by atoms with Gasteiger partial charge in [0.2, 0.25) is 5.88 Å². The van der Waals surface area contributed by atoms with E-state index in [1.54, 1.807) is 25.4 Å². The summed E-state index contributed by atoms with van der Waals surface area (Å²) in [7, 11) is 1.57. The second-order valence-electron chi connectivity index (χ2n) is 9.35. The van der Waals surface area contributed by atoms with Gasteiger partial charge in [0.05, 0.1) is 19.0 Å². The van der Waals surface area contributed by atoms with Crippen LogP contribution in [0.4, 0.5) is 10.5 Å². The molecule has 2 aliphatic rings. The van der Waals surface area contributed by atoms with Gasteiger partial charge in [0.1, 0.15) is 11.5 Å². The van der Waals surface area contributed by atoms with E-state index in [0.29, 0.717) is 16.6 Å². The molecular formula is C27H29ClN4O3. The van der Waals surface area contributed by atoms with Crippen LogP contribution in [0.5, 0.6) is 17.4 Å². The summed E-state index contributed by atoms with van der Waals surface area (Å²) in [6.45, 7) is 4.56. The van der Waals surface area contributed by atoms with Crippen molar-refractivity contribution in [3.8, 4) is 17.4 Å². The molecule has 2 amide bonds. The number of amides is 2. The van der Waals surface area contributed by atoms with E-state index in [4.69, 9.17) is 21.1 Å². The van der Waals surface area contributed by atoms with Crippen molar-refractivity contribution >= 4 is 23.3 Å². The lowest BCUT2D eigenvalue weighted by atomic mass is 9.72. The fraction of sp³-hybridized carbons (Fsp3) is 0.333. The lowest BCUT2D eigenvalue weighted by Crippen LogP contribution is -2.62. The Morgan fingerprint density at radius 3 is 2.51 bits per heavy atom. The molecule has 0 saturated carbocycles. The number of anilines is 1. The number of halogens is 1. The number of nitrogens with zero attached hydrogens (tertiary/aromatic N) is 3. The number of ether oxygens (including phenoxy) is 2. The molecule has 1 N–H and O–H groups in total. The van der Waals surface area contributed by atoms with Gasteiger partial charge in [0.15, 0.2) is 0 Å². The number of nitrogens with one attached hydrogen (secondary N) is 1. The largest absolute Gasteiger partial charge is 0.481 e. The first kappa shape index (κ1) is 23.5. The van der Waals surface area contributed by atoms with Crippen LogP contribution >= 0.6 is 11.6 Å². The van der Waals surface area contributed by atoms with Crippen LogP contribution in [0.15, 0.2) is 66.9 Å². The molecule has 2 saturated heterocycles. The van der Waals surface area contributed by atoms with E-state index < -0.39 is 0 Å². The Morgan fingerprint density at radius 2 is 1.83 bits per heavy atom. The average molecular weight is 493 g/mol. The van der Waals surface area contributed by atoms with Crippen molar-refractivity contribution in [2.45, 2.75) is 19.4 Å². The van der Waals surface area contributed by atoms with E-state index in [0.717, 1.165) is 57.1 Å². The number of hydrogen-bond acceptors (Lipinski definition) is 5. The first-order valence-electron chi connectivity index (χ1n) is 11.8. The van der Waals surface area contributed by atoms with Crippen LogP contribution in [0.3, 0.4) is 0 Å². The molecule has 2 fully saturated rings. The highest BCUT2D eigenvalue weighted by atomic mass is 35.5. The van der Waals surface area contributed by atoms with Crippen LogP contribution in [0.2, 0.25) is 5.02 Å². The number of pyridine rings is 1. The van der Waals surface area contributed by atoms with Gasteiger partial charge in [-0.3, -0.25) is 4.90 Å². The molecule has 8 heteroatoms. The number of urea groups is 1. The second kappa shape index (κ2) is 10.1. The summed E-state index contributed by atoms with van der Waals surface area (Å²) in [5, 5.41) is 3.62. The summed E-state index contributed by atoms with van der Waals surface area (Å²) < 4.78 is 11.0. The van der Waals surface area contributed by atoms with Crippen LogP contribution in [-0.2, 0) is 6.54 Å². The third-order valence-electron chi connectivity index (χ3n) is 6.81. The van der Waals surface area contributed by atoms with Crippen molar-refractivity contribution in [1.29, 1.82) is 0 Å². The molecule has 1 aromatic heterocycles. The standard InChI is InChI=1S/C27H29ClN4O3/c1-34-25-10-7-22(16-29-25)30-26(33)32-18-27(19-32)11-13-31(14-12-27)17-20-3-2-4-24(15-20)35-23-8-5-21(28)6-9-23/h2-10,15-16H,11-14,17-19H2,1H3,(H,30,33). The SMILES string of the molecule is COc1ccc(NC(=O)N2CC3(CCN(Cc4cccc(Oc5ccc(Cl)cc5)c4)CC3)C2)cn1. The summed E-state index contributed by atoms with van der Waals surface area (Å²) >= 11 is 5.96. The third kappa shape index (κ3) is 5.69. The minimum Gasteiger partial charge on any atom is -0.481 e. The number of hydrogen-bond donors (Lipinski definition) is 1. The smallest absolute Gasteiger partial charge is 0.321 e. The number of piperidine rings is 1. The minimum absolute atomic E-state index is 0.0671. The number of rotatable bonds is 6. The van der Waals surface area contributed by atoms with E-state index in [1.807, 2.05) is 41.3 Å². The molecule has 5 rings (SSSR count). The van der Waals surface area contributed by atoms with Crippen molar-refractivity contribution in [3.63, 3.8) is 0 Å². The lowest BCUT2D eigenvalue weighted by molar-refractivity contribution is -0.0200. The maximum absolute atomic E-state index is 12.6. The highest BCUT2D eigenvalue weighted by Crippen LogP contribution is 2.41. The van der Waals surface area contributed by atoms with Gasteiger partial charge in [0.25, 0.3) is 0 Å². The number of carbonyl (C=O) groups excluding carboxylic acids is 1. The zero-order valence-electron chi connectivity index (χ0n) is 19.7. The molecular weight excluding hydrogens is 464 g/mol. The molecule has 0 atom stereocenters. The van der Waals surface area contributed by atoms with Crippen LogP contribution in [0, 0.1) is 5.41 Å². The van der Waals surface area contributed by atoms with Crippen LogP contribution < -0.4 is 14.8 Å². The van der Waals surface area contributed by atoms with Gasteiger partial charge in [0, 0.05) is 36.1 Å².